The number of benzene rings is 1. The van der Waals surface area contributed by atoms with Gasteiger partial charge in [-0.3, -0.25) is 4.79 Å². The molecular formula is C13H16N2O. The molecule has 0 saturated carbocycles. The van der Waals surface area contributed by atoms with E-state index in [0.717, 1.165) is 23.4 Å². The van der Waals surface area contributed by atoms with Crippen LogP contribution in [0.25, 0.3) is 0 Å². The van der Waals surface area contributed by atoms with Gasteiger partial charge < -0.3 is 0 Å². The van der Waals surface area contributed by atoms with Crippen LogP contribution in [-0.2, 0) is 4.79 Å². The fourth-order valence-electron chi connectivity index (χ4n) is 2.02. The van der Waals surface area contributed by atoms with E-state index in [-0.39, 0.29) is 11.8 Å². The largest absolute Gasteiger partial charge is 0.272 e. The molecule has 1 heterocycles. The Bertz CT molecular complexity index is 451. The molecule has 1 aliphatic heterocycles. The molecule has 3 nitrogen and oxygen atoms in total. The van der Waals surface area contributed by atoms with Crippen molar-refractivity contribution in [1.29, 1.82) is 0 Å². The highest BCUT2D eigenvalue weighted by Crippen LogP contribution is 2.25. The zero-order chi connectivity index (χ0) is 11.7. The van der Waals surface area contributed by atoms with Crippen molar-refractivity contribution in [3.63, 3.8) is 0 Å². The average molecular weight is 216 g/mol. The Labute approximate surface area is 95.8 Å². The van der Waals surface area contributed by atoms with E-state index in [2.05, 4.69) is 5.10 Å². The van der Waals surface area contributed by atoms with Gasteiger partial charge in [0.05, 0.1) is 11.6 Å². The lowest BCUT2D eigenvalue weighted by Crippen LogP contribution is -2.26. The van der Waals surface area contributed by atoms with Crippen LogP contribution in [0, 0.1) is 12.8 Å². The third-order valence-corrected chi connectivity index (χ3v) is 2.92. The molecule has 0 unspecified atom stereocenters. The zero-order valence-electron chi connectivity index (χ0n) is 9.90. The summed E-state index contributed by atoms with van der Waals surface area (Å²) in [6, 6.07) is 7.85. The molecule has 0 fully saturated rings. The lowest BCUT2D eigenvalue weighted by molar-refractivity contribution is -0.119. The van der Waals surface area contributed by atoms with Crippen LogP contribution in [0.2, 0.25) is 0 Å². The number of hydrogen-bond donors (Lipinski definition) is 0. The molecule has 3 heteroatoms. The van der Waals surface area contributed by atoms with Crippen LogP contribution in [0.4, 0.5) is 5.69 Å². The van der Waals surface area contributed by atoms with E-state index >= 15 is 0 Å². The van der Waals surface area contributed by atoms with Gasteiger partial charge in [-0.15, -0.1) is 0 Å². The van der Waals surface area contributed by atoms with Crippen LogP contribution >= 0.6 is 0 Å². The molecule has 0 N–H and O–H groups in total. The number of hydrogen-bond acceptors (Lipinski definition) is 2. The normalized spacial score (nSPS) is 20.2. The molecule has 2 rings (SSSR count). The first-order valence-corrected chi connectivity index (χ1v) is 5.59. The fourth-order valence-corrected chi connectivity index (χ4v) is 2.02. The molecule has 0 bridgehead atoms. The van der Waals surface area contributed by atoms with Crippen LogP contribution in [0.5, 0.6) is 0 Å². The van der Waals surface area contributed by atoms with Crippen LogP contribution in [0.3, 0.4) is 0 Å². The van der Waals surface area contributed by atoms with Crippen LogP contribution in [0.15, 0.2) is 29.4 Å². The van der Waals surface area contributed by atoms with E-state index in [9.17, 15) is 4.79 Å². The second-order valence-corrected chi connectivity index (χ2v) is 4.19. The molecule has 1 amide bonds. The van der Waals surface area contributed by atoms with Crippen molar-refractivity contribution >= 4 is 17.3 Å². The molecule has 1 aliphatic rings. The topological polar surface area (TPSA) is 32.7 Å². The van der Waals surface area contributed by atoms with Gasteiger partial charge in [0.25, 0.3) is 5.91 Å². The predicted octanol–water partition coefficient (Wildman–Crippen LogP) is 2.74. The van der Waals surface area contributed by atoms with Crippen molar-refractivity contribution in [2.75, 3.05) is 5.01 Å². The lowest BCUT2D eigenvalue weighted by Gasteiger charge is -2.13. The summed E-state index contributed by atoms with van der Waals surface area (Å²) in [5.74, 6) is 0.0473. The van der Waals surface area contributed by atoms with Gasteiger partial charge in [-0.2, -0.15) is 5.10 Å². The van der Waals surface area contributed by atoms with Crippen molar-refractivity contribution in [3.8, 4) is 0 Å². The second-order valence-electron chi connectivity index (χ2n) is 4.19. The van der Waals surface area contributed by atoms with Gasteiger partial charge in [-0.1, -0.05) is 19.1 Å². The minimum atomic E-state index is -0.0412. The summed E-state index contributed by atoms with van der Waals surface area (Å²) in [6.07, 6.45) is 0.816. The average Bonchev–Trinajstić information content (AvgIpc) is 2.54. The maximum atomic E-state index is 12.1. The maximum absolute atomic E-state index is 12.1. The Morgan fingerprint density at radius 2 is 2.12 bits per heavy atom. The number of anilines is 1. The van der Waals surface area contributed by atoms with Gasteiger partial charge in [0.1, 0.15) is 0 Å². The number of rotatable bonds is 2. The Morgan fingerprint density at radius 3 is 2.69 bits per heavy atom. The minimum absolute atomic E-state index is 0.0412. The van der Waals surface area contributed by atoms with Gasteiger partial charge in [-0.05, 0) is 38.0 Å². The quantitative estimate of drug-likeness (QED) is 0.748. The second kappa shape index (κ2) is 4.08. The van der Waals surface area contributed by atoms with Gasteiger partial charge in [-0.25, -0.2) is 5.01 Å². The third-order valence-electron chi connectivity index (χ3n) is 2.92. The van der Waals surface area contributed by atoms with Gasteiger partial charge in [0, 0.05) is 5.71 Å². The van der Waals surface area contributed by atoms with Crippen molar-refractivity contribution in [3.05, 3.63) is 29.8 Å². The van der Waals surface area contributed by atoms with Gasteiger partial charge in [0.2, 0.25) is 0 Å². The molecule has 84 valence electrons. The van der Waals surface area contributed by atoms with E-state index in [1.54, 1.807) is 0 Å². The van der Waals surface area contributed by atoms with Gasteiger partial charge in [0.15, 0.2) is 0 Å². The third kappa shape index (κ3) is 1.73. The van der Waals surface area contributed by atoms with E-state index in [1.807, 2.05) is 45.0 Å². The van der Waals surface area contributed by atoms with Crippen molar-refractivity contribution in [1.82, 2.24) is 0 Å². The van der Waals surface area contributed by atoms with E-state index < -0.39 is 0 Å². The molecule has 1 aromatic rings. The smallest absolute Gasteiger partial charge is 0.256 e. The summed E-state index contributed by atoms with van der Waals surface area (Å²) < 4.78 is 0. The van der Waals surface area contributed by atoms with Crippen molar-refractivity contribution < 1.29 is 4.79 Å². The summed E-state index contributed by atoms with van der Waals surface area (Å²) >= 11 is 0. The summed E-state index contributed by atoms with van der Waals surface area (Å²) in [5, 5.41) is 5.86. The van der Waals surface area contributed by atoms with Crippen LogP contribution in [0.1, 0.15) is 25.8 Å². The van der Waals surface area contributed by atoms with Gasteiger partial charge >= 0.3 is 0 Å². The number of carbonyl (C=O) groups is 1. The summed E-state index contributed by atoms with van der Waals surface area (Å²) in [5.41, 5.74) is 2.91. The molecule has 0 spiro atoms. The fraction of sp³-hybridized carbons (Fsp3) is 0.385. The SMILES string of the molecule is CC[C@@H]1C(=O)N(c2cccc(C)c2)N=C1C. The summed E-state index contributed by atoms with van der Waals surface area (Å²) in [6.45, 7) is 5.95. The number of amides is 1. The van der Waals surface area contributed by atoms with Crippen molar-refractivity contribution in [2.24, 2.45) is 11.0 Å². The van der Waals surface area contributed by atoms with Crippen molar-refractivity contribution in [2.45, 2.75) is 27.2 Å². The summed E-state index contributed by atoms with van der Waals surface area (Å²) in [7, 11) is 0. The first-order valence-electron chi connectivity index (χ1n) is 5.59. The monoisotopic (exact) mass is 216 g/mol. The number of nitrogens with zero attached hydrogens (tertiary/aromatic N) is 2. The van der Waals surface area contributed by atoms with Crippen LogP contribution < -0.4 is 5.01 Å². The number of carbonyl (C=O) groups excluding carboxylic acids is 1. The predicted molar refractivity (Wildman–Crippen MR) is 65.6 cm³/mol. The van der Waals surface area contributed by atoms with Crippen LogP contribution in [-0.4, -0.2) is 11.6 Å². The molecule has 1 aromatic carbocycles. The minimum Gasteiger partial charge on any atom is -0.272 e. The standard InChI is InChI=1S/C13H16N2O/c1-4-12-10(3)14-15(13(12)16)11-7-5-6-9(2)8-11/h5-8,12H,4H2,1-3H3/t12-/m0/s1. The summed E-state index contributed by atoms with van der Waals surface area (Å²) in [4.78, 5) is 12.1. The molecule has 1 atom stereocenters. The highest BCUT2D eigenvalue weighted by molar-refractivity contribution is 6.14. The highest BCUT2D eigenvalue weighted by Gasteiger charge is 2.32. The molecule has 0 aromatic heterocycles. The Hall–Kier alpha value is -1.64. The Morgan fingerprint density at radius 1 is 1.38 bits per heavy atom. The molecule has 16 heavy (non-hydrogen) atoms. The number of hydrazone groups is 1. The lowest BCUT2D eigenvalue weighted by atomic mass is 10.0. The highest BCUT2D eigenvalue weighted by atomic mass is 16.2. The van der Waals surface area contributed by atoms with E-state index in [1.165, 1.54) is 5.01 Å². The number of aryl methyl sites for hydroxylation is 1. The zero-order valence-corrected chi connectivity index (χ0v) is 9.90. The van der Waals surface area contributed by atoms with E-state index in [0.29, 0.717) is 0 Å². The Kier molecular flexibility index (Phi) is 2.77. The molecule has 0 aliphatic carbocycles. The van der Waals surface area contributed by atoms with E-state index in [4.69, 9.17) is 0 Å². The first kappa shape index (κ1) is 10.9. The molecule has 0 radical (unpaired) electrons. The molecular weight excluding hydrogens is 200 g/mol. The Balaban J connectivity index is 2.34. The maximum Gasteiger partial charge on any atom is 0.256 e. The molecule has 0 saturated heterocycles. The first-order chi connectivity index (χ1) is 7.63.